The quantitative estimate of drug-likeness (QED) is 0.355. The minimum Gasteiger partial charge on any atom is -0.360 e. The maximum absolute atomic E-state index is 12.1. The Morgan fingerprint density at radius 1 is 1.30 bits per heavy atom. The molecule has 1 heterocycles. The summed E-state index contributed by atoms with van der Waals surface area (Å²) in [6, 6.07) is 4.54. The maximum atomic E-state index is 12.1. The summed E-state index contributed by atoms with van der Waals surface area (Å²) in [7, 11) is 0. The third kappa shape index (κ3) is 3.04. The van der Waals surface area contributed by atoms with Crippen LogP contribution in [0.25, 0.3) is 10.9 Å². The van der Waals surface area contributed by atoms with E-state index in [0.717, 1.165) is 31.1 Å². The van der Waals surface area contributed by atoms with Crippen molar-refractivity contribution in [3.05, 3.63) is 40.1 Å². The normalized spacial score (nSPS) is 10.8. The molecule has 106 valence electrons. The number of carbonyl (C=O) groups excluding carboxylic acids is 1. The molecule has 0 amide bonds. The van der Waals surface area contributed by atoms with Crippen molar-refractivity contribution < 1.29 is 9.72 Å². The van der Waals surface area contributed by atoms with E-state index in [1.165, 1.54) is 12.1 Å². The first-order chi connectivity index (χ1) is 9.63. The smallest absolute Gasteiger partial charge is 0.271 e. The lowest BCUT2D eigenvalue weighted by molar-refractivity contribution is -0.384. The summed E-state index contributed by atoms with van der Waals surface area (Å²) in [5, 5.41) is 11.5. The second-order valence-electron chi connectivity index (χ2n) is 4.92. The van der Waals surface area contributed by atoms with Crippen LogP contribution in [0.2, 0.25) is 0 Å². The van der Waals surface area contributed by atoms with E-state index < -0.39 is 4.92 Å². The van der Waals surface area contributed by atoms with Gasteiger partial charge >= 0.3 is 0 Å². The lowest BCUT2D eigenvalue weighted by Gasteiger charge is -2.00. The second kappa shape index (κ2) is 6.32. The zero-order chi connectivity index (χ0) is 14.5. The van der Waals surface area contributed by atoms with Gasteiger partial charge in [-0.05, 0) is 12.5 Å². The molecule has 1 N–H and O–H groups in total. The number of aromatic nitrogens is 1. The predicted molar refractivity (Wildman–Crippen MR) is 78.0 cm³/mol. The summed E-state index contributed by atoms with van der Waals surface area (Å²) in [6.45, 7) is 2.13. The zero-order valence-corrected chi connectivity index (χ0v) is 11.5. The highest BCUT2D eigenvalue weighted by atomic mass is 16.6. The van der Waals surface area contributed by atoms with Gasteiger partial charge in [0.05, 0.1) is 10.4 Å². The number of benzene rings is 1. The Bertz CT molecular complexity index is 631. The number of nitro groups is 1. The number of ketones is 1. The molecule has 1 aromatic heterocycles. The molecule has 0 aliphatic heterocycles. The van der Waals surface area contributed by atoms with Gasteiger partial charge in [0, 0.05) is 35.7 Å². The Balaban J connectivity index is 2.14. The van der Waals surface area contributed by atoms with E-state index in [-0.39, 0.29) is 11.5 Å². The Morgan fingerprint density at radius 3 is 2.80 bits per heavy atom. The predicted octanol–water partition coefficient (Wildman–Crippen LogP) is 4.23. The summed E-state index contributed by atoms with van der Waals surface area (Å²) in [6.07, 6.45) is 6.43. The summed E-state index contributed by atoms with van der Waals surface area (Å²) in [5.41, 5.74) is 1.30. The van der Waals surface area contributed by atoms with Gasteiger partial charge in [-0.1, -0.05) is 26.2 Å². The van der Waals surface area contributed by atoms with Crippen molar-refractivity contribution in [2.75, 3.05) is 0 Å². The number of nitrogens with zero attached hydrogens (tertiary/aromatic N) is 1. The standard InChI is InChI=1S/C15H18N2O3/c1-2-3-4-5-6-15(18)13-10-16-14-9-11(17(19)20)7-8-12(13)14/h7-10,16H,2-6H2,1H3. The third-order valence-corrected chi connectivity index (χ3v) is 3.43. The number of hydrogen-bond acceptors (Lipinski definition) is 3. The van der Waals surface area contributed by atoms with Crippen LogP contribution < -0.4 is 0 Å². The number of carbonyl (C=O) groups is 1. The van der Waals surface area contributed by atoms with Crippen molar-refractivity contribution >= 4 is 22.4 Å². The van der Waals surface area contributed by atoms with Gasteiger partial charge < -0.3 is 4.98 Å². The molecule has 2 aromatic rings. The zero-order valence-electron chi connectivity index (χ0n) is 11.5. The maximum Gasteiger partial charge on any atom is 0.271 e. The molecule has 0 atom stereocenters. The lowest BCUT2D eigenvalue weighted by Crippen LogP contribution is -1.97. The van der Waals surface area contributed by atoms with Gasteiger partial charge in [0.1, 0.15) is 0 Å². The van der Waals surface area contributed by atoms with Gasteiger partial charge in [-0.2, -0.15) is 0 Å². The minimum atomic E-state index is -0.438. The highest BCUT2D eigenvalue weighted by Gasteiger charge is 2.14. The van der Waals surface area contributed by atoms with Crippen molar-refractivity contribution in [1.29, 1.82) is 0 Å². The number of nitrogens with one attached hydrogen (secondary N) is 1. The average molecular weight is 274 g/mol. The molecule has 0 bridgehead atoms. The molecule has 5 heteroatoms. The summed E-state index contributed by atoms with van der Waals surface area (Å²) in [4.78, 5) is 25.4. The number of H-pyrrole nitrogens is 1. The SMILES string of the molecule is CCCCCCC(=O)c1c[nH]c2cc([N+](=O)[O-])ccc12. The molecule has 5 nitrogen and oxygen atoms in total. The van der Waals surface area contributed by atoms with Crippen LogP contribution in [0.1, 0.15) is 49.4 Å². The van der Waals surface area contributed by atoms with Crippen LogP contribution in [0.4, 0.5) is 5.69 Å². The monoisotopic (exact) mass is 274 g/mol. The van der Waals surface area contributed by atoms with Crippen LogP contribution in [-0.2, 0) is 0 Å². The van der Waals surface area contributed by atoms with E-state index in [4.69, 9.17) is 0 Å². The van der Waals surface area contributed by atoms with Crippen LogP contribution >= 0.6 is 0 Å². The van der Waals surface area contributed by atoms with Gasteiger partial charge in [0.15, 0.2) is 5.78 Å². The van der Waals surface area contributed by atoms with Gasteiger partial charge in [-0.15, -0.1) is 0 Å². The number of non-ortho nitro benzene ring substituents is 1. The summed E-state index contributed by atoms with van der Waals surface area (Å²) in [5.74, 6) is 0.0983. The van der Waals surface area contributed by atoms with Crippen molar-refractivity contribution in [3.8, 4) is 0 Å². The van der Waals surface area contributed by atoms with Crippen LogP contribution in [0.15, 0.2) is 24.4 Å². The van der Waals surface area contributed by atoms with Gasteiger partial charge in [-0.25, -0.2) is 0 Å². The molecular formula is C15H18N2O3. The van der Waals surface area contributed by atoms with Gasteiger partial charge in [0.2, 0.25) is 0 Å². The first kappa shape index (κ1) is 14.2. The summed E-state index contributed by atoms with van der Waals surface area (Å²) < 4.78 is 0. The van der Waals surface area contributed by atoms with E-state index in [9.17, 15) is 14.9 Å². The molecule has 2 rings (SSSR count). The van der Waals surface area contributed by atoms with E-state index in [2.05, 4.69) is 11.9 Å². The van der Waals surface area contributed by atoms with Gasteiger partial charge in [0.25, 0.3) is 5.69 Å². The third-order valence-electron chi connectivity index (χ3n) is 3.43. The van der Waals surface area contributed by atoms with Crippen LogP contribution in [-0.4, -0.2) is 15.7 Å². The van der Waals surface area contributed by atoms with Crippen molar-refractivity contribution in [3.63, 3.8) is 0 Å². The van der Waals surface area contributed by atoms with Crippen LogP contribution in [0, 0.1) is 10.1 Å². The fraction of sp³-hybridized carbons (Fsp3) is 0.400. The Labute approximate surface area is 117 Å². The molecular weight excluding hydrogens is 256 g/mol. The number of fused-ring (bicyclic) bond motifs is 1. The first-order valence-corrected chi connectivity index (χ1v) is 6.92. The van der Waals surface area contributed by atoms with Crippen LogP contribution in [0.5, 0.6) is 0 Å². The molecule has 20 heavy (non-hydrogen) atoms. The molecule has 0 aliphatic carbocycles. The fourth-order valence-corrected chi connectivity index (χ4v) is 2.31. The Kier molecular flexibility index (Phi) is 4.50. The van der Waals surface area contributed by atoms with Crippen LogP contribution in [0.3, 0.4) is 0 Å². The number of Topliss-reactive ketones (excluding diaryl/α,β-unsaturated/α-hetero) is 1. The molecule has 0 aliphatic rings. The Morgan fingerprint density at radius 2 is 2.10 bits per heavy atom. The van der Waals surface area contributed by atoms with E-state index in [1.54, 1.807) is 12.3 Å². The Hall–Kier alpha value is -2.17. The topological polar surface area (TPSA) is 76.0 Å². The molecule has 0 saturated carbocycles. The van der Waals surface area contributed by atoms with E-state index in [1.807, 2.05) is 0 Å². The molecule has 0 fully saturated rings. The molecule has 0 unspecified atom stereocenters. The van der Waals surface area contributed by atoms with E-state index in [0.29, 0.717) is 17.5 Å². The van der Waals surface area contributed by atoms with Crippen molar-refractivity contribution in [1.82, 2.24) is 4.98 Å². The lowest BCUT2D eigenvalue weighted by atomic mass is 10.0. The number of aromatic amines is 1. The molecule has 1 aromatic carbocycles. The number of nitro benzene ring substituents is 1. The second-order valence-corrected chi connectivity index (χ2v) is 4.92. The minimum absolute atomic E-state index is 0.0290. The molecule has 0 saturated heterocycles. The van der Waals surface area contributed by atoms with Crippen molar-refractivity contribution in [2.24, 2.45) is 0 Å². The molecule has 0 spiro atoms. The largest absolute Gasteiger partial charge is 0.360 e. The highest BCUT2D eigenvalue weighted by molar-refractivity contribution is 6.08. The average Bonchev–Trinajstić information content (AvgIpc) is 2.86. The number of hydrogen-bond donors (Lipinski definition) is 1. The number of unbranched alkanes of at least 4 members (excludes halogenated alkanes) is 3. The number of rotatable bonds is 7. The van der Waals surface area contributed by atoms with E-state index >= 15 is 0 Å². The first-order valence-electron chi connectivity index (χ1n) is 6.92. The van der Waals surface area contributed by atoms with Crippen molar-refractivity contribution in [2.45, 2.75) is 39.0 Å². The fourth-order valence-electron chi connectivity index (χ4n) is 2.31. The highest BCUT2D eigenvalue weighted by Crippen LogP contribution is 2.24. The summed E-state index contributed by atoms with van der Waals surface area (Å²) >= 11 is 0. The molecule has 0 radical (unpaired) electrons. The van der Waals surface area contributed by atoms with Gasteiger partial charge in [-0.3, -0.25) is 14.9 Å².